The van der Waals surface area contributed by atoms with Crippen molar-refractivity contribution in [3.05, 3.63) is 23.3 Å². The third-order valence-corrected chi connectivity index (χ3v) is 54.0. The van der Waals surface area contributed by atoms with Gasteiger partial charge in [0.05, 0.1) is 0 Å². The summed E-state index contributed by atoms with van der Waals surface area (Å²) in [5.41, 5.74) is 4.06. The van der Waals surface area contributed by atoms with E-state index in [1.54, 1.807) is 31.5 Å². The van der Waals surface area contributed by atoms with Crippen LogP contribution in [-0.4, -0.2) is 36.8 Å². The zero-order valence-corrected chi connectivity index (χ0v) is 48.6. The Morgan fingerprint density at radius 2 is 0.828 bits per heavy atom. The van der Waals surface area contributed by atoms with Crippen LogP contribution in [0, 0.1) is 23.7 Å². The van der Waals surface area contributed by atoms with Gasteiger partial charge >= 0.3 is 385 Å². The molecule has 1 aliphatic carbocycles. The zero-order valence-electron chi connectivity index (χ0n) is 41.3. The van der Waals surface area contributed by atoms with Crippen molar-refractivity contribution in [1.29, 1.82) is 0 Å². The van der Waals surface area contributed by atoms with Crippen molar-refractivity contribution in [2.24, 2.45) is 23.7 Å². The molecule has 3 rings (SSSR count). The monoisotopic (exact) mass is 1050 g/mol. The van der Waals surface area contributed by atoms with Crippen molar-refractivity contribution in [3.8, 4) is 9.75 Å². The molecule has 2 unspecified atom stereocenters. The summed E-state index contributed by atoms with van der Waals surface area (Å²) in [5, 5.41) is 0. The molecule has 4 heteroatoms. The van der Waals surface area contributed by atoms with Gasteiger partial charge in [-0.25, -0.2) is 0 Å². The first-order chi connectivity index (χ1) is 27.9. The van der Waals surface area contributed by atoms with Crippen molar-refractivity contribution in [2.75, 3.05) is 0 Å². The molecule has 58 heavy (non-hydrogen) atoms. The molecule has 0 nitrogen and oxygen atoms in total. The van der Waals surface area contributed by atoms with Gasteiger partial charge < -0.3 is 0 Å². The number of thiophene rings is 2. The summed E-state index contributed by atoms with van der Waals surface area (Å²) in [7, 11) is 0. The minimum atomic E-state index is -2.64. The van der Waals surface area contributed by atoms with Crippen molar-refractivity contribution in [3.63, 3.8) is 0 Å². The summed E-state index contributed by atoms with van der Waals surface area (Å²) in [6.07, 6.45) is 32.5. The molecule has 0 bridgehead atoms. The number of fused-ring (bicyclic) bond motifs is 3. The summed E-state index contributed by atoms with van der Waals surface area (Å²) in [4.78, 5) is 3.64. The van der Waals surface area contributed by atoms with Crippen molar-refractivity contribution >= 4 is 65.2 Å². The van der Waals surface area contributed by atoms with Crippen molar-refractivity contribution in [2.45, 2.75) is 263 Å². The fourth-order valence-corrected chi connectivity index (χ4v) is 51.9. The van der Waals surface area contributed by atoms with Crippen molar-refractivity contribution < 1.29 is 0 Å². The fraction of sp³-hybridized carbons (Fsp3) is 0.852. The van der Waals surface area contributed by atoms with E-state index in [4.69, 9.17) is 0 Å². The van der Waals surface area contributed by atoms with Gasteiger partial charge in [-0.2, -0.15) is 0 Å². The SMILES string of the molecule is CCC[CH2][Sn]([CH2]CCC)([CH2]CCC)[c]1cc2c(s1)-c1s[c]([Sn]([CH2]CCC)([CH2]CCC)[CH2]CCC)cc1C(CCC(C)CCCC(C)C)(CCC(C)CCCC(C)C)C2. The Labute approximate surface area is 381 Å². The number of hydrogen-bond donors (Lipinski definition) is 0. The normalized spacial score (nSPS) is 17.0. The van der Waals surface area contributed by atoms with Gasteiger partial charge in [0.2, 0.25) is 0 Å². The van der Waals surface area contributed by atoms with Gasteiger partial charge in [0.1, 0.15) is 0 Å². The Kier molecular flexibility index (Phi) is 25.8. The molecule has 0 aromatic carbocycles. The average Bonchev–Trinajstić information content (AvgIpc) is 3.85. The molecule has 0 aliphatic heterocycles. The van der Waals surface area contributed by atoms with Crippen LogP contribution < -0.4 is 5.79 Å². The Hall–Kier alpha value is 0.997. The van der Waals surface area contributed by atoms with E-state index in [0.29, 0.717) is 5.41 Å². The van der Waals surface area contributed by atoms with E-state index in [0.717, 1.165) is 23.7 Å². The van der Waals surface area contributed by atoms with Crippen LogP contribution in [0.2, 0.25) is 26.6 Å². The Morgan fingerprint density at radius 3 is 1.19 bits per heavy atom. The van der Waals surface area contributed by atoms with Gasteiger partial charge in [0, 0.05) is 0 Å². The molecular weight excluding hydrogens is 950 g/mol. The molecule has 0 spiro atoms. The molecular formula is C54H100S2Sn2. The van der Waals surface area contributed by atoms with E-state index in [2.05, 4.69) is 118 Å². The maximum atomic E-state index is 3.05. The third kappa shape index (κ3) is 15.9. The topological polar surface area (TPSA) is 0 Å². The Morgan fingerprint density at radius 1 is 0.466 bits per heavy atom. The first-order valence-electron chi connectivity index (χ1n) is 26.2. The van der Waals surface area contributed by atoms with Crippen LogP contribution >= 0.6 is 22.7 Å². The second-order valence-electron chi connectivity index (χ2n) is 21.4. The van der Waals surface area contributed by atoms with Gasteiger partial charge in [0.25, 0.3) is 0 Å². The molecule has 0 N–H and O–H groups in total. The van der Waals surface area contributed by atoms with E-state index in [-0.39, 0.29) is 0 Å². The van der Waals surface area contributed by atoms with Gasteiger partial charge in [-0.3, -0.25) is 0 Å². The van der Waals surface area contributed by atoms with Crippen molar-refractivity contribution in [1.82, 2.24) is 0 Å². The first-order valence-corrected chi connectivity index (χ1v) is 42.8. The summed E-state index contributed by atoms with van der Waals surface area (Å²) in [6.45, 7) is 29.7. The van der Waals surface area contributed by atoms with Crippen LogP contribution in [0.25, 0.3) is 9.75 Å². The molecule has 2 heterocycles. The number of rotatable bonds is 34. The van der Waals surface area contributed by atoms with Gasteiger partial charge in [-0.15, -0.1) is 0 Å². The van der Waals surface area contributed by atoms with E-state index in [1.165, 1.54) is 148 Å². The molecule has 0 amide bonds. The summed E-state index contributed by atoms with van der Waals surface area (Å²) in [5.74, 6) is 3.32. The average molecular weight is 1050 g/mol. The Balaban J connectivity index is 2.30. The second-order valence-corrected chi connectivity index (χ2v) is 51.8. The van der Waals surface area contributed by atoms with Crippen LogP contribution in [0.1, 0.15) is 235 Å². The van der Waals surface area contributed by atoms with Crippen LogP contribution in [0.15, 0.2) is 12.1 Å². The van der Waals surface area contributed by atoms with Gasteiger partial charge in [-0.05, 0) is 0 Å². The van der Waals surface area contributed by atoms with E-state index in [9.17, 15) is 0 Å². The standard InChI is InChI=1S/C30H46S2.6C4H9.2Sn/c1-22(2)9-7-11-24(5)13-17-30(18-14-25(6)12-8-10-23(3)4)21-26-15-19-31-28(26)29-27(30)16-20-32-29;6*1-3-4-2;;/h15-16,22-25H,7-14,17-18,21H2,1-6H3;6*1,3-4H2,2H3;;. The molecule has 1 aliphatic rings. The minimum absolute atomic E-state index is 0.320. The predicted molar refractivity (Wildman–Crippen MR) is 276 cm³/mol. The molecule has 0 saturated carbocycles. The second kappa shape index (κ2) is 28.0. The van der Waals surface area contributed by atoms with Crippen LogP contribution in [0.3, 0.4) is 0 Å². The quantitative estimate of drug-likeness (QED) is 0.0613. The molecule has 0 saturated heterocycles. The maximum absolute atomic E-state index is 3.05. The summed E-state index contributed by atoms with van der Waals surface area (Å²) >= 11 is -0.365. The predicted octanol–water partition coefficient (Wildman–Crippen LogP) is 18.9. The molecule has 0 fully saturated rings. The van der Waals surface area contributed by atoms with Gasteiger partial charge in [-0.1, -0.05) is 0 Å². The fourth-order valence-electron chi connectivity index (χ4n) is 10.9. The van der Waals surface area contributed by atoms with E-state index >= 15 is 0 Å². The van der Waals surface area contributed by atoms with E-state index < -0.39 is 36.8 Å². The zero-order chi connectivity index (χ0) is 42.6. The van der Waals surface area contributed by atoms with Gasteiger partial charge in [0.15, 0.2) is 0 Å². The number of unbranched alkanes of at least 4 members (excludes halogenated alkanes) is 6. The molecule has 2 atom stereocenters. The molecule has 0 radical (unpaired) electrons. The number of hydrogen-bond acceptors (Lipinski definition) is 2. The van der Waals surface area contributed by atoms with Crippen LogP contribution in [0.4, 0.5) is 0 Å². The van der Waals surface area contributed by atoms with Crippen LogP contribution in [-0.2, 0) is 11.8 Å². The summed E-state index contributed by atoms with van der Waals surface area (Å²) in [6, 6.07) is 6.03. The molecule has 2 aromatic rings. The Bertz CT molecular complexity index is 1300. The van der Waals surface area contributed by atoms with Crippen LogP contribution in [0.5, 0.6) is 0 Å². The summed E-state index contributed by atoms with van der Waals surface area (Å²) < 4.78 is 13.6. The molecule has 2 aromatic heterocycles. The first kappa shape index (κ1) is 53.3. The van der Waals surface area contributed by atoms with E-state index in [1.807, 2.05) is 21.8 Å². The third-order valence-electron chi connectivity index (χ3n) is 15.1. The molecule has 336 valence electrons.